The van der Waals surface area contributed by atoms with Gasteiger partial charge in [0.2, 0.25) is 15.9 Å². The van der Waals surface area contributed by atoms with E-state index in [1.165, 1.54) is 0 Å². The molecule has 3 heterocycles. The number of piperazine rings is 1. The fourth-order valence-corrected chi connectivity index (χ4v) is 10.1. The zero-order chi connectivity index (χ0) is 30.6. The smallest absolute Gasteiger partial charge is 0.238 e. The summed E-state index contributed by atoms with van der Waals surface area (Å²) in [4.78, 5) is 14.3. The third kappa shape index (κ3) is 8.33. The van der Waals surface area contributed by atoms with Crippen molar-refractivity contribution in [1.82, 2.24) is 20.3 Å². The molecule has 1 aliphatic carbocycles. The number of hydrogen-bond donors (Lipinski definition) is 3. The number of nitrogens with zero attached hydrogens (tertiary/aromatic N) is 1. The van der Waals surface area contributed by atoms with E-state index in [1.807, 2.05) is 12.1 Å². The van der Waals surface area contributed by atoms with Crippen LogP contribution < -0.4 is 16.0 Å². The average Bonchev–Trinajstić information content (AvgIpc) is 3.36. The number of sulfonamides is 1. The molecule has 10 heteroatoms. The van der Waals surface area contributed by atoms with Crippen LogP contribution in [0.2, 0.25) is 5.02 Å². The highest BCUT2D eigenvalue weighted by molar-refractivity contribution is 7.89. The number of hydrogen-bond acceptors (Lipinski definition) is 6. The van der Waals surface area contributed by atoms with Crippen LogP contribution in [0.4, 0.5) is 0 Å². The van der Waals surface area contributed by atoms with Gasteiger partial charge in [-0.25, -0.2) is 8.42 Å². The number of carbonyl (C=O) groups excluding carboxylic acids is 1. The Morgan fingerprint density at radius 3 is 2.67 bits per heavy atom. The zero-order valence-corrected chi connectivity index (χ0v) is 27.9. The molecule has 3 unspecified atom stereocenters. The zero-order valence-electron chi connectivity index (χ0n) is 26.3. The van der Waals surface area contributed by atoms with Crippen molar-refractivity contribution in [3.63, 3.8) is 0 Å². The number of amides is 1. The van der Waals surface area contributed by atoms with Crippen molar-refractivity contribution in [1.29, 1.82) is 0 Å². The first-order valence-corrected chi connectivity index (χ1v) is 18.7. The lowest BCUT2D eigenvalue weighted by Crippen LogP contribution is -2.57. The molecule has 0 spiro atoms. The number of rotatable bonds is 11. The van der Waals surface area contributed by atoms with Crippen LogP contribution in [-0.2, 0) is 19.6 Å². The summed E-state index contributed by atoms with van der Waals surface area (Å²) < 4.78 is 33.8. The maximum atomic E-state index is 14.3. The van der Waals surface area contributed by atoms with Crippen molar-refractivity contribution in [3.05, 3.63) is 34.9 Å². The number of benzene rings is 1. The van der Waals surface area contributed by atoms with Crippen molar-refractivity contribution in [2.75, 3.05) is 32.0 Å². The second kappa shape index (κ2) is 14.5. The van der Waals surface area contributed by atoms with E-state index in [4.69, 9.17) is 16.3 Å². The number of fused-ring (bicyclic) bond motifs is 2. The van der Waals surface area contributed by atoms with Gasteiger partial charge in [-0.3, -0.25) is 4.79 Å². The molecule has 1 aromatic carbocycles. The van der Waals surface area contributed by atoms with E-state index >= 15 is 0 Å². The van der Waals surface area contributed by atoms with Gasteiger partial charge in [0.1, 0.15) is 0 Å². The van der Waals surface area contributed by atoms with Gasteiger partial charge in [0.25, 0.3) is 0 Å². The number of halogens is 1. The standard InChI is InChI=1S/C33H53ClN4O4S/c1-4-17-35-31(30(24-10-13-26(34)14-11-24)25-16-18-42-33(2,3)20-25)32(39)37-29-9-5-7-23(29)12-15-28-21-36-27-8-6-19-43(40,41)38(28)22-27/h10-11,13-14,23,25,27-31,35-36H,4-9,12,15-22H2,1-3H3,(H,37,39)/t23-,25?,27-,28+,29?,30+,31+/m1/s1. The minimum atomic E-state index is -3.20. The van der Waals surface area contributed by atoms with Gasteiger partial charge < -0.3 is 20.7 Å². The van der Waals surface area contributed by atoms with Crippen LogP contribution in [0.3, 0.4) is 0 Å². The maximum Gasteiger partial charge on any atom is 0.238 e. The van der Waals surface area contributed by atoms with Crippen LogP contribution >= 0.6 is 11.6 Å². The fourth-order valence-electron chi connectivity index (χ4n) is 8.19. The van der Waals surface area contributed by atoms with Crippen molar-refractivity contribution in [3.8, 4) is 0 Å². The molecule has 5 rings (SSSR count). The van der Waals surface area contributed by atoms with E-state index in [-0.39, 0.29) is 47.3 Å². The first-order valence-electron chi connectivity index (χ1n) is 16.7. The van der Waals surface area contributed by atoms with E-state index in [1.54, 1.807) is 4.31 Å². The maximum absolute atomic E-state index is 14.3. The Bertz CT molecular complexity index is 1180. The molecule has 8 nitrogen and oxygen atoms in total. The summed E-state index contributed by atoms with van der Waals surface area (Å²) in [7, 11) is -3.20. The Labute approximate surface area is 264 Å². The molecule has 0 radical (unpaired) electrons. The molecule has 43 heavy (non-hydrogen) atoms. The fraction of sp³-hybridized carbons (Fsp3) is 0.788. The summed E-state index contributed by atoms with van der Waals surface area (Å²) in [6.45, 7) is 9.21. The van der Waals surface area contributed by atoms with Crippen molar-refractivity contribution in [2.24, 2.45) is 11.8 Å². The molecule has 242 valence electrons. The van der Waals surface area contributed by atoms with Gasteiger partial charge in [-0.2, -0.15) is 4.31 Å². The summed E-state index contributed by atoms with van der Waals surface area (Å²) in [5.74, 6) is 0.990. The quantitative estimate of drug-likeness (QED) is 0.322. The Morgan fingerprint density at radius 2 is 1.93 bits per heavy atom. The van der Waals surface area contributed by atoms with Gasteiger partial charge in [-0.05, 0) is 108 Å². The van der Waals surface area contributed by atoms with E-state index in [0.29, 0.717) is 30.0 Å². The first kappa shape index (κ1) is 33.1. The summed E-state index contributed by atoms with van der Waals surface area (Å²) in [5.41, 5.74) is 0.908. The van der Waals surface area contributed by atoms with Crippen LogP contribution in [0.15, 0.2) is 24.3 Å². The molecule has 4 aliphatic rings. The highest BCUT2D eigenvalue weighted by Gasteiger charge is 2.42. The summed E-state index contributed by atoms with van der Waals surface area (Å²) in [6, 6.07) is 8.06. The van der Waals surface area contributed by atoms with E-state index in [0.717, 1.165) is 82.9 Å². The van der Waals surface area contributed by atoms with Gasteiger partial charge >= 0.3 is 0 Å². The van der Waals surface area contributed by atoms with Crippen LogP contribution in [0.25, 0.3) is 0 Å². The summed E-state index contributed by atoms with van der Waals surface area (Å²) >= 11 is 6.29. The molecule has 0 aromatic heterocycles. The molecule has 2 bridgehead atoms. The van der Waals surface area contributed by atoms with Crippen LogP contribution in [0.1, 0.15) is 96.5 Å². The minimum Gasteiger partial charge on any atom is -0.376 e. The van der Waals surface area contributed by atoms with Crippen LogP contribution in [0.5, 0.6) is 0 Å². The van der Waals surface area contributed by atoms with E-state index in [2.05, 4.69) is 48.9 Å². The molecule has 1 saturated carbocycles. The monoisotopic (exact) mass is 636 g/mol. The molecular weight excluding hydrogens is 584 g/mol. The predicted molar refractivity (Wildman–Crippen MR) is 173 cm³/mol. The normalized spacial score (nSPS) is 33.3. The lowest BCUT2D eigenvalue weighted by molar-refractivity contribution is -0.126. The Balaban J connectivity index is 1.30. The molecular formula is C33H53ClN4O4S. The second-order valence-electron chi connectivity index (χ2n) is 14.0. The summed E-state index contributed by atoms with van der Waals surface area (Å²) in [5, 5.41) is 11.5. The largest absolute Gasteiger partial charge is 0.376 e. The number of carbonyl (C=O) groups is 1. The molecule has 3 aliphatic heterocycles. The topological polar surface area (TPSA) is 99.8 Å². The Morgan fingerprint density at radius 1 is 1.14 bits per heavy atom. The SMILES string of the molecule is CCCN[C@H](C(=O)NC1CCC[C@@H]1CC[C@H]1CN[C@@H]2CCCS(=O)(=O)N1C2)[C@@H](c1ccc(Cl)cc1)C1CCOC(C)(C)C1. The number of ether oxygens (including phenoxy) is 1. The van der Waals surface area contributed by atoms with Gasteiger partial charge in [-0.15, -0.1) is 0 Å². The highest BCUT2D eigenvalue weighted by Crippen LogP contribution is 2.41. The average molecular weight is 637 g/mol. The molecule has 1 amide bonds. The van der Waals surface area contributed by atoms with E-state index in [9.17, 15) is 13.2 Å². The van der Waals surface area contributed by atoms with Crippen molar-refractivity contribution >= 4 is 27.5 Å². The predicted octanol–water partition coefficient (Wildman–Crippen LogP) is 4.83. The molecule has 8 atom stereocenters. The van der Waals surface area contributed by atoms with Crippen LogP contribution in [-0.4, -0.2) is 80.4 Å². The molecule has 4 fully saturated rings. The minimum absolute atomic E-state index is 0.00125. The van der Waals surface area contributed by atoms with Gasteiger partial charge in [0, 0.05) is 48.8 Å². The van der Waals surface area contributed by atoms with Gasteiger partial charge in [0.15, 0.2) is 0 Å². The molecule has 1 aromatic rings. The van der Waals surface area contributed by atoms with Crippen molar-refractivity contribution < 1.29 is 17.9 Å². The van der Waals surface area contributed by atoms with Gasteiger partial charge in [0.05, 0.1) is 17.4 Å². The Hall–Kier alpha value is -1.23. The second-order valence-corrected chi connectivity index (χ2v) is 16.5. The molecule has 3 saturated heterocycles. The van der Waals surface area contributed by atoms with Crippen molar-refractivity contribution in [2.45, 2.75) is 121 Å². The third-order valence-electron chi connectivity index (χ3n) is 10.4. The lowest BCUT2D eigenvalue weighted by atomic mass is 9.73. The third-order valence-corrected chi connectivity index (χ3v) is 12.6. The van der Waals surface area contributed by atoms with E-state index < -0.39 is 10.0 Å². The summed E-state index contributed by atoms with van der Waals surface area (Å²) in [6.07, 6.45) is 9.29. The molecule has 3 N–H and O–H groups in total. The highest BCUT2D eigenvalue weighted by atomic mass is 35.5. The lowest BCUT2D eigenvalue weighted by Gasteiger charge is -2.42. The van der Waals surface area contributed by atoms with Crippen LogP contribution in [0, 0.1) is 11.8 Å². The first-order chi connectivity index (χ1) is 20.6. The Kier molecular flexibility index (Phi) is 11.1. The van der Waals surface area contributed by atoms with Gasteiger partial charge in [-0.1, -0.05) is 37.1 Å². The number of nitrogens with one attached hydrogen (secondary N) is 3.